The smallest absolute Gasteiger partial charge is 0.224 e. The van der Waals surface area contributed by atoms with Crippen LogP contribution in [0.4, 0.5) is 5.69 Å². The molecule has 0 saturated heterocycles. The van der Waals surface area contributed by atoms with Crippen LogP contribution in [-0.2, 0) is 4.79 Å². The van der Waals surface area contributed by atoms with Gasteiger partial charge in [-0.05, 0) is 22.6 Å². The molecule has 1 heterocycles. The minimum Gasteiger partial charge on any atom is -0.395 e. The van der Waals surface area contributed by atoms with Crippen LogP contribution < -0.4 is 10.6 Å². The monoisotopic (exact) mass is 268 g/mol. The number of aliphatic hydroxyl groups excluding tert-OH is 1. The molecule has 1 amide bonds. The summed E-state index contributed by atoms with van der Waals surface area (Å²) in [4.78, 5) is 11.8. The second kappa shape index (κ2) is 5.35. The Kier molecular flexibility index (Phi) is 3.39. The zero-order valence-electron chi connectivity index (χ0n) is 11.0. The molecule has 2 aromatic carbocycles. The van der Waals surface area contributed by atoms with Gasteiger partial charge in [0.15, 0.2) is 0 Å². The summed E-state index contributed by atoms with van der Waals surface area (Å²) in [5.74, 6) is -0.0801. The predicted molar refractivity (Wildman–Crippen MR) is 80.3 cm³/mol. The Morgan fingerprint density at radius 2 is 2.00 bits per heavy atom. The molecule has 20 heavy (non-hydrogen) atoms. The first-order chi connectivity index (χ1) is 9.79. The summed E-state index contributed by atoms with van der Waals surface area (Å²) in [6.07, 6.45) is 2.19. The van der Waals surface area contributed by atoms with Gasteiger partial charge in [0.25, 0.3) is 0 Å². The SMILES string of the molecule is O=C(CC1=CNc2cccc3cccc1c23)NCCO. The van der Waals surface area contributed by atoms with Crippen LogP contribution in [-0.4, -0.2) is 24.2 Å². The third kappa shape index (κ3) is 2.26. The molecule has 0 atom stereocenters. The quantitative estimate of drug-likeness (QED) is 0.796. The first-order valence-corrected chi connectivity index (χ1v) is 6.65. The lowest BCUT2D eigenvalue weighted by Crippen LogP contribution is -2.26. The number of anilines is 1. The van der Waals surface area contributed by atoms with E-state index < -0.39 is 0 Å². The zero-order chi connectivity index (χ0) is 13.9. The maximum atomic E-state index is 11.8. The van der Waals surface area contributed by atoms with Gasteiger partial charge in [0.1, 0.15) is 0 Å². The van der Waals surface area contributed by atoms with Crippen molar-refractivity contribution in [1.29, 1.82) is 0 Å². The highest BCUT2D eigenvalue weighted by Crippen LogP contribution is 2.35. The van der Waals surface area contributed by atoms with Crippen LogP contribution in [0.1, 0.15) is 12.0 Å². The van der Waals surface area contributed by atoms with E-state index in [4.69, 9.17) is 5.11 Å². The number of benzene rings is 2. The number of hydrogen-bond acceptors (Lipinski definition) is 3. The van der Waals surface area contributed by atoms with E-state index in [0.29, 0.717) is 13.0 Å². The van der Waals surface area contributed by atoms with Gasteiger partial charge in [-0.3, -0.25) is 4.79 Å². The highest BCUT2D eigenvalue weighted by molar-refractivity contribution is 6.07. The van der Waals surface area contributed by atoms with E-state index in [1.54, 1.807) is 0 Å². The fourth-order valence-corrected chi connectivity index (χ4v) is 2.55. The molecule has 0 bridgehead atoms. The van der Waals surface area contributed by atoms with Crippen LogP contribution >= 0.6 is 0 Å². The van der Waals surface area contributed by atoms with Crippen molar-refractivity contribution in [2.75, 3.05) is 18.5 Å². The molecule has 0 fully saturated rings. The van der Waals surface area contributed by atoms with Crippen molar-refractivity contribution in [3.05, 3.63) is 48.2 Å². The van der Waals surface area contributed by atoms with E-state index >= 15 is 0 Å². The Labute approximate surface area is 117 Å². The molecule has 1 aliphatic heterocycles. The lowest BCUT2D eigenvalue weighted by atomic mass is 9.93. The van der Waals surface area contributed by atoms with Crippen molar-refractivity contribution < 1.29 is 9.90 Å². The Morgan fingerprint density at radius 1 is 1.20 bits per heavy atom. The van der Waals surface area contributed by atoms with E-state index in [0.717, 1.165) is 27.6 Å². The fraction of sp³-hybridized carbons (Fsp3) is 0.188. The molecule has 0 aliphatic carbocycles. The molecule has 0 aromatic heterocycles. The van der Waals surface area contributed by atoms with Gasteiger partial charge in [-0.15, -0.1) is 0 Å². The molecule has 0 unspecified atom stereocenters. The summed E-state index contributed by atoms with van der Waals surface area (Å²) in [5.41, 5.74) is 3.12. The molecule has 4 nitrogen and oxygen atoms in total. The molecule has 0 spiro atoms. The Hall–Kier alpha value is -2.33. The maximum absolute atomic E-state index is 11.8. The Morgan fingerprint density at radius 3 is 2.80 bits per heavy atom. The van der Waals surface area contributed by atoms with E-state index in [1.165, 1.54) is 0 Å². The zero-order valence-corrected chi connectivity index (χ0v) is 11.0. The average molecular weight is 268 g/mol. The topological polar surface area (TPSA) is 61.4 Å². The van der Waals surface area contributed by atoms with Gasteiger partial charge in [0.2, 0.25) is 5.91 Å². The van der Waals surface area contributed by atoms with Gasteiger partial charge in [0, 0.05) is 23.8 Å². The molecule has 3 rings (SSSR count). The first kappa shape index (κ1) is 12.7. The third-order valence-corrected chi connectivity index (χ3v) is 3.44. The number of amides is 1. The van der Waals surface area contributed by atoms with Crippen molar-refractivity contribution in [2.24, 2.45) is 0 Å². The normalized spacial score (nSPS) is 12.8. The van der Waals surface area contributed by atoms with Crippen molar-refractivity contribution in [2.45, 2.75) is 6.42 Å². The largest absolute Gasteiger partial charge is 0.395 e. The lowest BCUT2D eigenvalue weighted by molar-refractivity contribution is -0.120. The van der Waals surface area contributed by atoms with Gasteiger partial charge in [0.05, 0.1) is 13.0 Å². The molecule has 0 radical (unpaired) electrons. The van der Waals surface area contributed by atoms with E-state index in [2.05, 4.69) is 22.8 Å². The molecule has 0 saturated carbocycles. The van der Waals surface area contributed by atoms with Gasteiger partial charge < -0.3 is 15.7 Å². The molecule has 102 valence electrons. The standard InChI is InChI=1S/C16H16N2O2/c19-8-7-17-15(20)9-12-10-18-14-6-2-4-11-3-1-5-13(12)16(11)14/h1-6,10,18-19H,7-9H2,(H,17,20). The molecule has 2 aromatic rings. The third-order valence-electron chi connectivity index (χ3n) is 3.44. The van der Waals surface area contributed by atoms with Crippen molar-refractivity contribution >= 4 is 27.9 Å². The minimum atomic E-state index is -0.0801. The number of aliphatic hydroxyl groups is 1. The predicted octanol–water partition coefficient (Wildman–Crippen LogP) is 2.10. The van der Waals surface area contributed by atoms with Crippen LogP contribution in [0.5, 0.6) is 0 Å². The second-order valence-corrected chi connectivity index (χ2v) is 4.77. The molecule has 1 aliphatic rings. The summed E-state index contributed by atoms with van der Waals surface area (Å²) < 4.78 is 0. The molecule has 4 heteroatoms. The summed E-state index contributed by atoms with van der Waals surface area (Å²) in [6, 6.07) is 12.2. The second-order valence-electron chi connectivity index (χ2n) is 4.77. The van der Waals surface area contributed by atoms with E-state index in [-0.39, 0.29) is 12.5 Å². The lowest BCUT2D eigenvalue weighted by Gasteiger charge is -2.19. The number of nitrogens with one attached hydrogen (secondary N) is 2. The summed E-state index contributed by atoms with van der Waals surface area (Å²) >= 11 is 0. The van der Waals surface area contributed by atoms with Gasteiger partial charge in [-0.25, -0.2) is 0 Å². The number of hydrogen-bond donors (Lipinski definition) is 3. The van der Waals surface area contributed by atoms with Crippen molar-refractivity contribution in [3.8, 4) is 0 Å². The van der Waals surface area contributed by atoms with Crippen LogP contribution in [0.15, 0.2) is 42.6 Å². The van der Waals surface area contributed by atoms with Crippen molar-refractivity contribution in [1.82, 2.24) is 5.32 Å². The van der Waals surface area contributed by atoms with E-state index in [1.807, 2.05) is 30.5 Å². The highest BCUT2D eigenvalue weighted by Gasteiger charge is 2.16. The number of carbonyl (C=O) groups is 1. The van der Waals surface area contributed by atoms with Crippen LogP contribution in [0, 0.1) is 0 Å². The van der Waals surface area contributed by atoms with Crippen molar-refractivity contribution in [3.63, 3.8) is 0 Å². The highest BCUT2D eigenvalue weighted by atomic mass is 16.3. The number of rotatable bonds is 4. The molecule has 3 N–H and O–H groups in total. The van der Waals surface area contributed by atoms with Gasteiger partial charge >= 0.3 is 0 Å². The summed E-state index contributed by atoms with van der Waals surface area (Å²) in [7, 11) is 0. The van der Waals surface area contributed by atoms with Gasteiger partial charge in [-0.1, -0.05) is 30.3 Å². The summed E-state index contributed by atoms with van der Waals surface area (Å²) in [5, 5.41) is 17.0. The Bertz CT molecular complexity index is 687. The molecular formula is C16H16N2O2. The van der Waals surface area contributed by atoms with E-state index in [9.17, 15) is 4.79 Å². The average Bonchev–Trinajstić information content (AvgIpc) is 2.48. The fourth-order valence-electron chi connectivity index (χ4n) is 2.55. The van der Waals surface area contributed by atoms with Crippen LogP contribution in [0.3, 0.4) is 0 Å². The van der Waals surface area contributed by atoms with Gasteiger partial charge in [-0.2, -0.15) is 0 Å². The first-order valence-electron chi connectivity index (χ1n) is 6.65. The van der Waals surface area contributed by atoms with Crippen LogP contribution in [0.2, 0.25) is 0 Å². The Balaban J connectivity index is 1.93. The number of carbonyl (C=O) groups excluding carboxylic acids is 1. The minimum absolute atomic E-state index is 0.0402. The van der Waals surface area contributed by atoms with Crippen LogP contribution in [0.25, 0.3) is 16.3 Å². The molecular weight excluding hydrogens is 252 g/mol. The summed E-state index contributed by atoms with van der Waals surface area (Å²) in [6.45, 7) is 0.252. The maximum Gasteiger partial charge on any atom is 0.224 e.